The summed E-state index contributed by atoms with van der Waals surface area (Å²) in [7, 11) is 3.25. The molecule has 1 aromatic carbocycles. The number of methoxy groups -OCH3 is 2. The zero-order valence-electron chi connectivity index (χ0n) is 10.6. The Morgan fingerprint density at radius 2 is 1.82 bits per heavy atom. The van der Waals surface area contributed by atoms with E-state index >= 15 is 0 Å². The van der Waals surface area contributed by atoms with E-state index in [0.29, 0.717) is 5.92 Å². The predicted molar refractivity (Wildman–Crippen MR) is 67.8 cm³/mol. The van der Waals surface area contributed by atoms with Gasteiger partial charge in [0.2, 0.25) is 0 Å². The van der Waals surface area contributed by atoms with Crippen molar-refractivity contribution in [1.29, 1.82) is 0 Å². The molecule has 0 saturated heterocycles. The van der Waals surface area contributed by atoms with E-state index in [-0.39, 0.29) is 12.3 Å². The second kappa shape index (κ2) is 5.63. The normalized spacial score (nSPS) is 18.1. The van der Waals surface area contributed by atoms with Crippen LogP contribution in [-0.4, -0.2) is 20.5 Å². The van der Waals surface area contributed by atoms with Gasteiger partial charge in [0, 0.05) is 14.2 Å². The van der Waals surface area contributed by atoms with Crippen molar-refractivity contribution in [3.63, 3.8) is 0 Å². The van der Waals surface area contributed by atoms with E-state index in [2.05, 4.69) is 18.2 Å². The lowest BCUT2D eigenvalue weighted by atomic mass is 9.77. The van der Waals surface area contributed by atoms with Crippen LogP contribution < -0.4 is 5.73 Å². The van der Waals surface area contributed by atoms with E-state index in [9.17, 15) is 0 Å². The zero-order chi connectivity index (χ0) is 12.3. The van der Waals surface area contributed by atoms with E-state index in [1.165, 1.54) is 24.8 Å². The van der Waals surface area contributed by atoms with Crippen molar-refractivity contribution < 1.29 is 9.47 Å². The molecular weight excluding hydrogens is 214 g/mol. The van der Waals surface area contributed by atoms with Gasteiger partial charge in [0.15, 0.2) is 6.29 Å². The van der Waals surface area contributed by atoms with Gasteiger partial charge in [-0.15, -0.1) is 0 Å². The summed E-state index contributed by atoms with van der Waals surface area (Å²) in [5, 5.41) is 0. The second-order valence-electron chi connectivity index (χ2n) is 4.62. The molecule has 1 atom stereocenters. The Labute approximate surface area is 103 Å². The Hall–Kier alpha value is -0.900. The number of ether oxygens (including phenoxy) is 2. The van der Waals surface area contributed by atoms with Crippen molar-refractivity contribution in [2.24, 2.45) is 5.73 Å². The highest BCUT2D eigenvalue weighted by molar-refractivity contribution is 5.34. The van der Waals surface area contributed by atoms with Crippen molar-refractivity contribution in [2.45, 2.75) is 37.5 Å². The van der Waals surface area contributed by atoms with Gasteiger partial charge in [0.1, 0.15) is 0 Å². The first kappa shape index (κ1) is 12.6. The summed E-state index contributed by atoms with van der Waals surface area (Å²) in [6, 6.07) is 8.16. The SMILES string of the molecule is COC(OC)C(N)c1ccccc1C1CCC1. The van der Waals surface area contributed by atoms with Gasteiger partial charge in [-0.1, -0.05) is 30.7 Å². The minimum atomic E-state index is -0.378. The standard InChI is InChI=1S/C14H21NO2/c1-16-14(17-2)13(15)12-9-4-3-8-11(12)10-6-5-7-10/h3-4,8-10,13-14H,5-7,15H2,1-2H3. The fourth-order valence-electron chi connectivity index (χ4n) is 2.44. The van der Waals surface area contributed by atoms with Crippen molar-refractivity contribution in [3.05, 3.63) is 35.4 Å². The van der Waals surface area contributed by atoms with Crippen LogP contribution in [0.15, 0.2) is 24.3 Å². The van der Waals surface area contributed by atoms with Crippen LogP contribution in [0, 0.1) is 0 Å². The zero-order valence-corrected chi connectivity index (χ0v) is 10.6. The van der Waals surface area contributed by atoms with Crippen LogP contribution in [0.2, 0.25) is 0 Å². The summed E-state index contributed by atoms with van der Waals surface area (Å²) < 4.78 is 10.5. The first-order valence-electron chi connectivity index (χ1n) is 6.18. The molecule has 1 unspecified atom stereocenters. The topological polar surface area (TPSA) is 44.5 Å². The molecular formula is C14H21NO2. The van der Waals surface area contributed by atoms with Gasteiger partial charge in [-0.3, -0.25) is 0 Å². The Balaban J connectivity index is 2.24. The summed E-state index contributed by atoms with van der Waals surface area (Å²) in [5.41, 5.74) is 8.75. The monoisotopic (exact) mass is 235 g/mol. The molecule has 0 bridgehead atoms. The lowest BCUT2D eigenvalue weighted by Crippen LogP contribution is -2.31. The van der Waals surface area contributed by atoms with E-state index in [4.69, 9.17) is 15.2 Å². The summed E-state index contributed by atoms with van der Waals surface area (Å²) in [5.74, 6) is 0.673. The van der Waals surface area contributed by atoms with Gasteiger partial charge in [-0.2, -0.15) is 0 Å². The largest absolute Gasteiger partial charge is 0.354 e. The van der Waals surface area contributed by atoms with Gasteiger partial charge in [0.05, 0.1) is 6.04 Å². The molecule has 17 heavy (non-hydrogen) atoms. The van der Waals surface area contributed by atoms with Crippen molar-refractivity contribution in [1.82, 2.24) is 0 Å². The first-order chi connectivity index (χ1) is 8.27. The second-order valence-corrected chi connectivity index (χ2v) is 4.62. The summed E-state index contributed by atoms with van der Waals surface area (Å²) in [4.78, 5) is 0. The van der Waals surface area contributed by atoms with E-state index in [1.54, 1.807) is 14.2 Å². The molecule has 3 heteroatoms. The lowest BCUT2D eigenvalue weighted by molar-refractivity contribution is -0.117. The number of nitrogens with two attached hydrogens (primary N) is 1. The van der Waals surface area contributed by atoms with E-state index in [1.807, 2.05) is 6.07 Å². The molecule has 1 aliphatic carbocycles. The molecule has 0 aliphatic heterocycles. The Morgan fingerprint density at radius 3 is 2.35 bits per heavy atom. The summed E-state index contributed by atoms with van der Waals surface area (Å²) in [6.07, 6.45) is 3.49. The Morgan fingerprint density at radius 1 is 1.18 bits per heavy atom. The molecule has 3 nitrogen and oxygen atoms in total. The van der Waals surface area contributed by atoms with Crippen LogP contribution in [0.3, 0.4) is 0 Å². The third-order valence-corrected chi connectivity index (χ3v) is 3.66. The average Bonchev–Trinajstić information content (AvgIpc) is 2.29. The van der Waals surface area contributed by atoms with Crippen LogP contribution >= 0.6 is 0 Å². The maximum atomic E-state index is 6.23. The molecule has 0 aromatic heterocycles. The van der Waals surface area contributed by atoms with Crippen LogP contribution in [0.5, 0.6) is 0 Å². The third-order valence-electron chi connectivity index (χ3n) is 3.66. The number of rotatable bonds is 5. The fourth-order valence-corrected chi connectivity index (χ4v) is 2.44. The van der Waals surface area contributed by atoms with Crippen molar-refractivity contribution in [2.75, 3.05) is 14.2 Å². The highest BCUT2D eigenvalue weighted by Crippen LogP contribution is 2.39. The smallest absolute Gasteiger partial charge is 0.176 e. The number of hydrogen-bond acceptors (Lipinski definition) is 3. The molecule has 1 aromatic rings. The molecule has 1 aliphatic rings. The molecule has 0 heterocycles. The van der Waals surface area contributed by atoms with E-state index < -0.39 is 0 Å². The molecule has 0 radical (unpaired) electrons. The molecule has 0 spiro atoms. The van der Waals surface area contributed by atoms with Crippen molar-refractivity contribution >= 4 is 0 Å². The highest BCUT2D eigenvalue weighted by atomic mass is 16.7. The van der Waals surface area contributed by atoms with Gasteiger partial charge in [-0.25, -0.2) is 0 Å². The lowest BCUT2D eigenvalue weighted by Gasteiger charge is -2.31. The van der Waals surface area contributed by atoms with Gasteiger partial charge in [-0.05, 0) is 29.9 Å². The van der Waals surface area contributed by atoms with Gasteiger partial charge >= 0.3 is 0 Å². The number of benzene rings is 1. The van der Waals surface area contributed by atoms with Gasteiger partial charge in [0.25, 0.3) is 0 Å². The van der Waals surface area contributed by atoms with Crippen LogP contribution in [-0.2, 0) is 9.47 Å². The fraction of sp³-hybridized carbons (Fsp3) is 0.571. The van der Waals surface area contributed by atoms with E-state index in [0.717, 1.165) is 5.56 Å². The Kier molecular flexibility index (Phi) is 4.15. The quantitative estimate of drug-likeness (QED) is 0.798. The first-order valence-corrected chi connectivity index (χ1v) is 6.18. The van der Waals surface area contributed by atoms with Gasteiger partial charge < -0.3 is 15.2 Å². The van der Waals surface area contributed by atoms with Crippen molar-refractivity contribution in [3.8, 4) is 0 Å². The number of hydrogen-bond donors (Lipinski definition) is 1. The van der Waals surface area contributed by atoms with Crippen LogP contribution in [0.25, 0.3) is 0 Å². The maximum Gasteiger partial charge on any atom is 0.176 e. The molecule has 1 saturated carbocycles. The molecule has 1 fully saturated rings. The predicted octanol–water partition coefficient (Wildman–Crippen LogP) is 2.57. The maximum absolute atomic E-state index is 6.23. The highest BCUT2D eigenvalue weighted by Gasteiger charge is 2.27. The summed E-state index contributed by atoms with van der Waals surface area (Å²) in [6.45, 7) is 0. The minimum Gasteiger partial charge on any atom is -0.354 e. The summed E-state index contributed by atoms with van der Waals surface area (Å²) >= 11 is 0. The molecule has 0 amide bonds. The van der Waals surface area contributed by atoms with Crippen LogP contribution in [0.1, 0.15) is 42.3 Å². The van der Waals surface area contributed by atoms with Crippen LogP contribution in [0.4, 0.5) is 0 Å². The Bertz CT molecular complexity index is 359. The third kappa shape index (κ3) is 2.51. The minimum absolute atomic E-state index is 0.221. The molecule has 2 N–H and O–H groups in total. The molecule has 94 valence electrons. The average molecular weight is 235 g/mol. The molecule has 2 rings (SSSR count).